The van der Waals surface area contributed by atoms with E-state index in [4.69, 9.17) is 0 Å². The Bertz CT molecular complexity index is 530. The summed E-state index contributed by atoms with van der Waals surface area (Å²) in [5, 5.41) is 10.5. The van der Waals surface area contributed by atoms with E-state index in [2.05, 4.69) is 37.8 Å². The van der Waals surface area contributed by atoms with Crippen molar-refractivity contribution in [2.45, 2.75) is 64.4 Å². The molecule has 0 radical (unpaired) electrons. The molecule has 0 amide bonds. The van der Waals surface area contributed by atoms with Gasteiger partial charge in [-0.25, -0.2) is 0 Å². The molecule has 0 heterocycles. The number of fused-ring (bicyclic) bond motifs is 5. The molecule has 6 atom stereocenters. The first-order valence-corrected chi connectivity index (χ1v) is 9.28. The Morgan fingerprint density at radius 3 is 2.95 bits per heavy atom. The first-order chi connectivity index (χ1) is 10.6. The summed E-state index contributed by atoms with van der Waals surface area (Å²) in [7, 11) is 0. The van der Waals surface area contributed by atoms with E-state index in [0.29, 0.717) is 0 Å². The number of aliphatic hydroxyl groups excluding tert-OH is 1. The van der Waals surface area contributed by atoms with E-state index >= 15 is 0 Å². The average Bonchev–Trinajstić information content (AvgIpc) is 2.83. The standard InChI is InChI=1S/C21H30O/c1-3-12-21-13-5-4-6-15(21)7-8-16-17-9-10-19(22)20(17,2)14-11-18(16)21/h3,5-6,13,16-19,22H,1,4,7-12,14H2,2H3/t16-,17-,18-,19-,20-,21-/m0/s1. The van der Waals surface area contributed by atoms with Crippen LogP contribution in [-0.4, -0.2) is 11.2 Å². The van der Waals surface area contributed by atoms with Crippen LogP contribution < -0.4 is 0 Å². The molecule has 4 aliphatic carbocycles. The Kier molecular flexibility index (Phi) is 3.41. The zero-order valence-electron chi connectivity index (χ0n) is 13.9. The highest BCUT2D eigenvalue weighted by Crippen LogP contribution is 2.65. The quantitative estimate of drug-likeness (QED) is 0.709. The molecule has 4 aliphatic rings. The highest BCUT2D eigenvalue weighted by molar-refractivity contribution is 5.33. The van der Waals surface area contributed by atoms with Gasteiger partial charge in [0.1, 0.15) is 0 Å². The molecule has 3 saturated carbocycles. The predicted octanol–water partition coefficient (Wildman–Crippen LogP) is 5.03. The van der Waals surface area contributed by atoms with Crippen LogP contribution in [0.2, 0.25) is 0 Å². The molecular weight excluding hydrogens is 268 g/mol. The van der Waals surface area contributed by atoms with Crippen molar-refractivity contribution in [3.05, 3.63) is 36.5 Å². The fourth-order valence-electron chi connectivity index (χ4n) is 6.70. The normalized spacial score (nSPS) is 49.8. The van der Waals surface area contributed by atoms with E-state index in [0.717, 1.165) is 37.0 Å². The smallest absolute Gasteiger partial charge is 0.0596 e. The van der Waals surface area contributed by atoms with Gasteiger partial charge < -0.3 is 5.11 Å². The Morgan fingerprint density at radius 1 is 1.27 bits per heavy atom. The van der Waals surface area contributed by atoms with Crippen LogP contribution in [0.1, 0.15) is 58.3 Å². The van der Waals surface area contributed by atoms with E-state index in [1.54, 1.807) is 5.57 Å². The first-order valence-electron chi connectivity index (χ1n) is 9.28. The van der Waals surface area contributed by atoms with Crippen molar-refractivity contribution in [2.24, 2.45) is 28.6 Å². The maximum absolute atomic E-state index is 10.5. The second kappa shape index (κ2) is 5.09. The van der Waals surface area contributed by atoms with Crippen molar-refractivity contribution in [3.63, 3.8) is 0 Å². The minimum absolute atomic E-state index is 0.0624. The number of hydrogen-bond donors (Lipinski definition) is 1. The molecular formula is C21H30O. The summed E-state index contributed by atoms with van der Waals surface area (Å²) < 4.78 is 0. The summed E-state index contributed by atoms with van der Waals surface area (Å²) in [5.41, 5.74) is 2.15. The van der Waals surface area contributed by atoms with Crippen molar-refractivity contribution in [3.8, 4) is 0 Å². The molecule has 0 aromatic carbocycles. The molecule has 0 aliphatic heterocycles. The van der Waals surface area contributed by atoms with Crippen LogP contribution in [0.25, 0.3) is 0 Å². The van der Waals surface area contributed by atoms with Crippen molar-refractivity contribution in [2.75, 3.05) is 0 Å². The molecule has 0 unspecified atom stereocenters. The predicted molar refractivity (Wildman–Crippen MR) is 91.4 cm³/mol. The molecule has 0 bridgehead atoms. The summed E-state index contributed by atoms with van der Waals surface area (Å²) in [6.45, 7) is 6.44. The Balaban J connectivity index is 1.72. The average molecular weight is 298 g/mol. The highest BCUT2D eigenvalue weighted by atomic mass is 16.3. The van der Waals surface area contributed by atoms with E-state index in [-0.39, 0.29) is 16.9 Å². The third-order valence-electron chi connectivity index (χ3n) is 7.79. The lowest BCUT2D eigenvalue weighted by molar-refractivity contribution is -0.0642. The lowest BCUT2D eigenvalue weighted by Crippen LogP contribution is -2.51. The summed E-state index contributed by atoms with van der Waals surface area (Å²) in [6.07, 6.45) is 19.1. The van der Waals surface area contributed by atoms with E-state index in [1.807, 2.05) is 0 Å². The fourth-order valence-corrected chi connectivity index (χ4v) is 6.70. The summed E-state index contributed by atoms with van der Waals surface area (Å²) in [4.78, 5) is 0. The number of hydrogen-bond acceptors (Lipinski definition) is 1. The molecule has 4 rings (SSSR count). The number of allylic oxidation sites excluding steroid dienone is 5. The Hall–Kier alpha value is -0.820. The van der Waals surface area contributed by atoms with Gasteiger partial charge in [0.25, 0.3) is 0 Å². The molecule has 0 saturated heterocycles. The Labute approximate surface area is 135 Å². The molecule has 120 valence electrons. The van der Waals surface area contributed by atoms with Gasteiger partial charge in [-0.2, -0.15) is 0 Å². The van der Waals surface area contributed by atoms with Gasteiger partial charge in [-0.05, 0) is 74.5 Å². The van der Waals surface area contributed by atoms with Crippen LogP contribution >= 0.6 is 0 Å². The second-order valence-corrected chi connectivity index (χ2v) is 8.45. The first kappa shape index (κ1) is 14.8. The van der Waals surface area contributed by atoms with Crippen LogP contribution in [0.5, 0.6) is 0 Å². The second-order valence-electron chi connectivity index (χ2n) is 8.45. The van der Waals surface area contributed by atoms with Gasteiger partial charge in [0.05, 0.1) is 6.10 Å². The molecule has 0 aromatic rings. The highest BCUT2D eigenvalue weighted by Gasteiger charge is 2.58. The van der Waals surface area contributed by atoms with Crippen molar-refractivity contribution in [1.82, 2.24) is 0 Å². The van der Waals surface area contributed by atoms with Gasteiger partial charge in [-0.1, -0.05) is 36.8 Å². The molecule has 1 heteroatoms. The summed E-state index contributed by atoms with van der Waals surface area (Å²) in [6, 6.07) is 0. The number of aliphatic hydroxyl groups is 1. The SMILES string of the molecule is C=CC[C@]12C=CCC=C1CC[C@H]1[C@@H]3CC[C@H](O)[C@@]3(C)CC[C@@H]12. The third-order valence-corrected chi connectivity index (χ3v) is 7.79. The summed E-state index contributed by atoms with van der Waals surface area (Å²) >= 11 is 0. The van der Waals surface area contributed by atoms with Gasteiger partial charge in [-0.15, -0.1) is 6.58 Å². The molecule has 0 spiro atoms. The van der Waals surface area contributed by atoms with Gasteiger partial charge in [0, 0.05) is 5.41 Å². The Morgan fingerprint density at radius 2 is 2.14 bits per heavy atom. The number of rotatable bonds is 2. The molecule has 3 fully saturated rings. The van der Waals surface area contributed by atoms with Crippen LogP contribution in [-0.2, 0) is 0 Å². The van der Waals surface area contributed by atoms with Crippen molar-refractivity contribution >= 4 is 0 Å². The van der Waals surface area contributed by atoms with Gasteiger partial charge in [0.15, 0.2) is 0 Å². The maximum atomic E-state index is 10.5. The monoisotopic (exact) mass is 298 g/mol. The minimum atomic E-state index is -0.0624. The van der Waals surface area contributed by atoms with Crippen LogP contribution in [0.3, 0.4) is 0 Å². The van der Waals surface area contributed by atoms with E-state index in [1.165, 1.54) is 32.1 Å². The molecule has 0 aromatic heterocycles. The van der Waals surface area contributed by atoms with Crippen LogP contribution in [0.4, 0.5) is 0 Å². The van der Waals surface area contributed by atoms with Crippen molar-refractivity contribution in [1.29, 1.82) is 0 Å². The zero-order valence-corrected chi connectivity index (χ0v) is 13.9. The lowest BCUT2D eigenvalue weighted by atomic mass is 9.47. The summed E-state index contributed by atoms with van der Waals surface area (Å²) in [5.74, 6) is 2.31. The molecule has 1 nitrogen and oxygen atoms in total. The topological polar surface area (TPSA) is 20.2 Å². The van der Waals surface area contributed by atoms with E-state index in [9.17, 15) is 5.11 Å². The lowest BCUT2D eigenvalue weighted by Gasteiger charge is -2.57. The maximum Gasteiger partial charge on any atom is 0.0596 e. The van der Waals surface area contributed by atoms with Crippen LogP contribution in [0, 0.1) is 28.6 Å². The van der Waals surface area contributed by atoms with E-state index < -0.39 is 0 Å². The van der Waals surface area contributed by atoms with Gasteiger partial charge in [0.2, 0.25) is 0 Å². The van der Waals surface area contributed by atoms with Gasteiger partial charge in [-0.3, -0.25) is 0 Å². The fraction of sp³-hybridized carbons (Fsp3) is 0.714. The molecule has 22 heavy (non-hydrogen) atoms. The third kappa shape index (κ3) is 1.81. The minimum Gasteiger partial charge on any atom is -0.393 e. The zero-order chi connectivity index (χ0) is 15.4. The van der Waals surface area contributed by atoms with Crippen LogP contribution in [0.15, 0.2) is 36.5 Å². The van der Waals surface area contributed by atoms with Crippen molar-refractivity contribution < 1.29 is 5.11 Å². The largest absolute Gasteiger partial charge is 0.393 e. The molecule has 1 N–H and O–H groups in total. The van der Waals surface area contributed by atoms with Gasteiger partial charge >= 0.3 is 0 Å².